The molecule has 0 amide bonds. The number of anilines is 1. The van der Waals surface area contributed by atoms with Gasteiger partial charge in [-0.2, -0.15) is 0 Å². The molecule has 1 fully saturated rings. The lowest BCUT2D eigenvalue weighted by atomic mass is 10.1. The van der Waals surface area contributed by atoms with Gasteiger partial charge in [0, 0.05) is 18.8 Å². The zero-order valence-corrected chi connectivity index (χ0v) is 9.95. The van der Waals surface area contributed by atoms with Gasteiger partial charge in [-0.05, 0) is 24.1 Å². The third kappa shape index (κ3) is 2.60. The summed E-state index contributed by atoms with van der Waals surface area (Å²) >= 11 is 0. The molecule has 0 bridgehead atoms. The summed E-state index contributed by atoms with van der Waals surface area (Å²) in [6.07, 6.45) is -1.06. The van der Waals surface area contributed by atoms with Crippen LogP contribution < -0.4 is 4.90 Å². The largest absolute Gasteiger partial charge is 0.389 e. The van der Waals surface area contributed by atoms with Crippen molar-refractivity contribution in [2.24, 2.45) is 0 Å². The highest BCUT2D eigenvalue weighted by Crippen LogP contribution is 2.24. The Morgan fingerprint density at radius 1 is 1.18 bits per heavy atom. The van der Waals surface area contributed by atoms with Gasteiger partial charge in [-0.15, -0.1) is 0 Å². The molecule has 0 aromatic heterocycles. The fourth-order valence-electron chi connectivity index (χ4n) is 2.12. The molecule has 0 radical (unpaired) electrons. The zero-order valence-electron chi connectivity index (χ0n) is 9.95. The van der Waals surface area contributed by atoms with Gasteiger partial charge in [-0.25, -0.2) is 0 Å². The highest BCUT2D eigenvalue weighted by atomic mass is 16.3. The smallest absolute Gasteiger partial charge is 0.0990 e. The van der Waals surface area contributed by atoms with E-state index < -0.39 is 18.3 Å². The molecule has 1 heterocycles. The van der Waals surface area contributed by atoms with E-state index in [1.54, 1.807) is 0 Å². The molecule has 3 atom stereocenters. The summed E-state index contributed by atoms with van der Waals surface area (Å²) in [5.41, 5.74) is 1.86. The van der Waals surface area contributed by atoms with Gasteiger partial charge in [-0.3, -0.25) is 0 Å². The van der Waals surface area contributed by atoms with Crippen molar-refractivity contribution in [3.63, 3.8) is 0 Å². The second-order valence-corrected chi connectivity index (χ2v) is 4.56. The first-order valence-corrected chi connectivity index (χ1v) is 6.01. The predicted molar refractivity (Wildman–Crippen MR) is 65.9 cm³/mol. The minimum absolute atomic E-state index is 0.418. The van der Waals surface area contributed by atoms with Gasteiger partial charge >= 0.3 is 0 Å². The molecule has 94 valence electrons. The highest BCUT2D eigenvalue weighted by Gasteiger charge is 2.29. The van der Waals surface area contributed by atoms with Crippen LogP contribution >= 0.6 is 0 Å². The minimum atomic E-state index is -0.670. The molecule has 2 rings (SSSR count). The van der Waals surface area contributed by atoms with Crippen molar-refractivity contribution in [1.82, 2.24) is 0 Å². The first kappa shape index (κ1) is 12.4. The summed E-state index contributed by atoms with van der Waals surface area (Å²) in [5.74, 6) is 0. The summed E-state index contributed by atoms with van der Waals surface area (Å²) in [4.78, 5) is 1.94. The predicted octanol–water partition coefficient (Wildman–Crippen LogP) is 0.672. The molecule has 1 aliphatic rings. The van der Waals surface area contributed by atoms with Crippen molar-refractivity contribution in [2.45, 2.75) is 31.7 Å². The fraction of sp³-hybridized carbons (Fsp3) is 0.538. The Balaban J connectivity index is 2.08. The van der Waals surface area contributed by atoms with Crippen LogP contribution in [0.5, 0.6) is 0 Å². The normalized spacial score (nSPS) is 26.2. The fourth-order valence-corrected chi connectivity index (χ4v) is 2.12. The minimum Gasteiger partial charge on any atom is -0.389 e. The van der Waals surface area contributed by atoms with E-state index in [0.29, 0.717) is 19.5 Å². The number of benzene rings is 1. The summed E-state index contributed by atoms with van der Waals surface area (Å²) in [6.45, 7) is 2.85. The molecule has 2 unspecified atom stereocenters. The Labute approximate surface area is 101 Å². The first-order chi connectivity index (χ1) is 8.11. The quantitative estimate of drug-likeness (QED) is 0.723. The van der Waals surface area contributed by atoms with Gasteiger partial charge in [0.05, 0.1) is 18.3 Å². The summed E-state index contributed by atoms with van der Waals surface area (Å²) in [7, 11) is 0. The first-order valence-electron chi connectivity index (χ1n) is 6.01. The van der Waals surface area contributed by atoms with E-state index in [2.05, 4.69) is 0 Å². The lowest BCUT2D eigenvalue weighted by Gasteiger charge is -2.18. The van der Waals surface area contributed by atoms with E-state index in [-0.39, 0.29) is 0 Å². The van der Waals surface area contributed by atoms with Crippen LogP contribution in [0.2, 0.25) is 0 Å². The molecular weight excluding hydrogens is 218 g/mol. The standard InChI is InChI=1S/C13H19NO3/c1-2-11(15)9-3-5-10(6-4-9)14-7-12(16)13(17)8-14/h3-6,11-13,15-17H,2,7-8H2,1H3/t11-,12?,13?/m0/s1. The zero-order chi connectivity index (χ0) is 12.4. The van der Waals surface area contributed by atoms with Crippen LogP contribution in [0.25, 0.3) is 0 Å². The van der Waals surface area contributed by atoms with E-state index in [9.17, 15) is 15.3 Å². The Kier molecular flexibility index (Phi) is 3.66. The molecule has 0 spiro atoms. The second-order valence-electron chi connectivity index (χ2n) is 4.56. The maximum atomic E-state index is 9.68. The molecule has 0 saturated carbocycles. The van der Waals surface area contributed by atoms with Crippen molar-refractivity contribution in [2.75, 3.05) is 18.0 Å². The lowest BCUT2D eigenvalue weighted by Crippen LogP contribution is -2.22. The maximum absolute atomic E-state index is 9.68. The number of rotatable bonds is 3. The van der Waals surface area contributed by atoms with Crippen LogP contribution in [0.4, 0.5) is 5.69 Å². The number of aliphatic hydroxyl groups is 3. The van der Waals surface area contributed by atoms with Gasteiger partial charge in [0.2, 0.25) is 0 Å². The monoisotopic (exact) mass is 237 g/mol. The van der Waals surface area contributed by atoms with Gasteiger partial charge in [0.25, 0.3) is 0 Å². The molecule has 4 nitrogen and oxygen atoms in total. The average Bonchev–Trinajstić information content (AvgIpc) is 2.69. The molecule has 3 N–H and O–H groups in total. The molecule has 1 aromatic rings. The number of hydrogen-bond acceptors (Lipinski definition) is 4. The van der Waals surface area contributed by atoms with Crippen LogP contribution in [0, 0.1) is 0 Å². The van der Waals surface area contributed by atoms with E-state index in [4.69, 9.17) is 0 Å². The maximum Gasteiger partial charge on any atom is 0.0990 e. The van der Waals surface area contributed by atoms with Crippen LogP contribution in [0.1, 0.15) is 25.0 Å². The Morgan fingerprint density at radius 3 is 2.18 bits per heavy atom. The summed E-state index contributed by atoms with van der Waals surface area (Å²) in [6, 6.07) is 7.61. The SMILES string of the molecule is CC[C@H](O)c1ccc(N2CC(O)C(O)C2)cc1. The van der Waals surface area contributed by atoms with Crippen molar-refractivity contribution < 1.29 is 15.3 Å². The summed E-state index contributed by atoms with van der Waals surface area (Å²) in [5, 5.41) is 28.6. The van der Waals surface area contributed by atoms with E-state index in [1.165, 1.54) is 0 Å². The molecule has 0 aliphatic carbocycles. The van der Waals surface area contributed by atoms with Crippen molar-refractivity contribution >= 4 is 5.69 Å². The third-order valence-electron chi connectivity index (χ3n) is 3.29. The van der Waals surface area contributed by atoms with Gasteiger partial charge in [0.15, 0.2) is 0 Å². The van der Waals surface area contributed by atoms with Gasteiger partial charge in [0.1, 0.15) is 0 Å². The van der Waals surface area contributed by atoms with Crippen LogP contribution in [-0.4, -0.2) is 40.6 Å². The van der Waals surface area contributed by atoms with Crippen molar-refractivity contribution in [3.05, 3.63) is 29.8 Å². The van der Waals surface area contributed by atoms with Crippen LogP contribution in [0.15, 0.2) is 24.3 Å². The Hall–Kier alpha value is -1.10. The van der Waals surface area contributed by atoms with Gasteiger partial charge in [-0.1, -0.05) is 19.1 Å². The Morgan fingerprint density at radius 2 is 1.71 bits per heavy atom. The molecule has 17 heavy (non-hydrogen) atoms. The van der Waals surface area contributed by atoms with E-state index in [0.717, 1.165) is 11.3 Å². The van der Waals surface area contributed by atoms with Crippen molar-refractivity contribution in [1.29, 1.82) is 0 Å². The van der Waals surface area contributed by atoms with Crippen molar-refractivity contribution in [3.8, 4) is 0 Å². The summed E-state index contributed by atoms with van der Waals surface area (Å²) < 4.78 is 0. The molecule has 1 saturated heterocycles. The average molecular weight is 237 g/mol. The van der Waals surface area contributed by atoms with E-state index in [1.807, 2.05) is 36.1 Å². The highest BCUT2D eigenvalue weighted by molar-refractivity contribution is 5.49. The number of hydrogen-bond donors (Lipinski definition) is 3. The second kappa shape index (κ2) is 5.04. The van der Waals surface area contributed by atoms with E-state index >= 15 is 0 Å². The number of β-amino-alcohol motifs (C(OH)–C–C–N with tert-alkyl or cyclic N) is 2. The number of aliphatic hydroxyl groups excluding tert-OH is 3. The Bertz CT molecular complexity index is 355. The molecule has 4 heteroatoms. The van der Waals surface area contributed by atoms with Gasteiger partial charge < -0.3 is 20.2 Å². The topological polar surface area (TPSA) is 63.9 Å². The molecule has 1 aliphatic heterocycles. The van der Waals surface area contributed by atoms with Crippen LogP contribution in [0.3, 0.4) is 0 Å². The van der Waals surface area contributed by atoms with Crippen LogP contribution in [-0.2, 0) is 0 Å². The molecular formula is C13H19NO3. The molecule has 1 aromatic carbocycles. The third-order valence-corrected chi connectivity index (χ3v) is 3.29. The lowest BCUT2D eigenvalue weighted by molar-refractivity contribution is 0.0572. The number of nitrogens with zero attached hydrogens (tertiary/aromatic N) is 1.